The minimum Gasteiger partial charge on any atom is -0.346 e. The molecule has 3 heterocycles. The maximum absolute atomic E-state index is 15.8. The van der Waals surface area contributed by atoms with E-state index in [0.717, 1.165) is 16.8 Å². The highest BCUT2D eigenvalue weighted by atomic mass is 35.5. The van der Waals surface area contributed by atoms with Crippen LogP contribution in [-0.4, -0.2) is 69.5 Å². The first-order valence-corrected chi connectivity index (χ1v) is 24.3. The molecule has 3 aliphatic carbocycles. The molecule has 0 unspecified atom stereocenters. The maximum Gasteiger partial charge on any atom is 0.293 e. The molecular weight excluding hydrogens is 946 g/mol. The predicted octanol–water partition coefficient (Wildman–Crippen LogP) is 8.60. The van der Waals surface area contributed by atoms with Gasteiger partial charge in [-0.25, -0.2) is 48.2 Å². The summed E-state index contributed by atoms with van der Waals surface area (Å²) in [5, 5.41) is 9.67. The van der Waals surface area contributed by atoms with Gasteiger partial charge in [-0.05, 0) is 101 Å². The van der Waals surface area contributed by atoms with Crippen LogP contribution < -0.4 is 10.0 Å². The molecule has 2 fully saturated rings. The van der Waals surface area contributed by atoms with Crippen molar-refractivity contribution in [2.45, 2.75) is 107 Å². The molecule has 1 amide bonds. The number of rotatable bonds is 15. The summed E-state index contributed by atoms with van der Waals surface area (Å²) >= 11 is 6.61. The number of carbonyl (C=O) groups excluding carboxylic acids is 1. The number of nitrogens with zero attached hydrogens (tertiary/aromatic N) is 5. The Morgan fingerprint density at radius 3 is 2.23 bits per heavy atom. The summed E-state index contributed by atoms with van der Waals surface area (Å²) in [4.78, 5) is 18.9. The number of benzene rings is 2. The zero-order valence-corrected chi connectivity index (χ0v) is 37.5. The Labute approximate surface area is 378 Å². The lowest BCUT2D eigenvalue weighted by Gasteiger charge is -2.34. The highest BCUT2D eigenvalue weighted by Gasteiger charge is 2.62. The molecule has 0 radical (unpaired) electrons. The Morgan fingerprint density at radius 2 is 1.62 bits per heavy atom. The summed E-state index contributed by atoms with van der Waals surface area (Å²) in [7, 11) is -7.83. The largest absolute Gasteiger partial charge is 0.346 e. The van der Waals surface area contributed by atoms with Gasteiger partial charge in [0.15, 0.2) is 15.7 Å². The standard InChI is InChI=1S/C43H40ClF8N7O5S2/c1-4-65(61,62)57-41-35-30(44)12-10-27(38(35)58(56-41)19-32(47)48)26-8-5-24(13-14-42(2,3)66(63,64)25-6-7-25)53-36(26)31(17-21-15-22(45)18-23(46)16-21)54-33(60)20-59-39-34(37(55-59)40(49)50)28-9-11-29(28)43(39,51)52/h5,8,10,12,15-16,18,25,28-29,31-32,40H,4,6-7,9,11,17,19-20H2,1-3H3,(H,54,60)(H,56,57)/t28-,29+,31-/m0/s1. The van der Waals surface area contributed by atoms with Crippen molar-refractivity contribution < 1.29 is 56.8 Å². The summed E-state index contributed by atoms with van der Waals surface area (Å²) in [5.41, 5.74) is -2.56. The fourth-order valence-corrected chi connectivity index (χ4v) is 11.3. The lowest BCUT2D eigenvalue weighted by Crippen LogP contribution is -2.36. The highest BCUT2D eigenvalue weighted by molar-refractivity contribution is 7.94. The van der Waals surface area contributed by atoms with E-state index in [9.17, 15) is 48.0 Å². The number of alkyl halides is 6. The molecule has 0 bridgehead atoms. The molecule has 3 aromatic heterocycles. The van der Waals surface area contributed by atoms with Gasteiger partial charge in [-0.3, -0.25) is 18.9 Å². The van der Waals surface area contributed by atoms with E-state index in [0.29, 0.717) is 23.6 Å². The zero-order valence-electron chi connectivity index (χ0n) is 35.2. The molecule has 2 aromatic carbocycles. The number of pyridine rings is 1. The molecule has 2 saturated carbocycles. The number of halogens is 9. The first-order chi connectivity index (χ1) is 30.9. The number of nitrogens with one attached hydrogen (secondary N) is 2. The van der Waals surface area contributed by atoms with Crippen LogP contribution in [0.2, 0.25) is 5.02 Å². The summed E-state index contributed by atoms with van der Waals surface area (Å²) in [6.07, 6.45) is -5.62. The fourth-order valence-electron chi connectivity index (χ4n) is 8.67. The molecule has 3 atom stereocenters. The fraction of sp³-hybridized carbons (Fsp3) is 0.442. The van der Waals surface area contributed by atoms with Gasteiger partial charge in [0.2, 0.25) is 15.9 Å². The Balaban J connectivity index is 1.32. The number of sulfone groups is 1. The van der Waals surface area contributed by atoms with Crippen LogP contribution in [0.3, 0.4) is 0 Å². The quantitative estimate of drug-likeness (QED) is 0.0780. The second kappa shape index (κ2) is 17.1. The molecule has 352 valence electrons. The topological polar surface area (TPSA) is 158 Å². The third kappa shape index (κ3) is 8.73. The number of sulfonamides is 1. The van der Waals surface area contributed by atoms with Crippen molar-refractivity contribution in [1.82, 2.24) is 29.9 Å². The Hall–Kier alpha value is -5.27. The SMILES string of the molecule is CCS(=O)(=O)Nc1nn(CC(F)F)c2c(-c3ccc(C#CC(C)(C)S(=O)(=O)C4CC4)nc3[C@H](Cc3cc(F)cc(F)c3)NC(=O)Cn3nc(C(F)F)c4c3C(F)(F)[C@@H]3CC[C@H]43)ccc(Cl)c12. The third-order valence-electron chi connectivity index (χ3n) is 12.1. The van der Waals surface area contributed by atoms with Crippen molar-refractivity contribution in [3.05, 3.63) is 93.0 Å². The maximum atomic E-state index is 15.8. The van der Waals surface area contributed by atoms with Crippen LogP contribution in [0.5, 0.6) is 0 Å². The van der Waals surface area contributed by atoms with Gasteiger partial charge in [-0.15, -0.1) is 0 Å². The number of hydrogen-bond donors (Lipinski definition) is 2. The van der Waals surface area contributed by atoms with Gasteiger partial charge >= 0.3 is 0 Å². The van der Waals surface area contributed by atoms with Gasteiger partial charge in [-0.2, -0.15) is 19.0 Å². The van der Waals surface area contributed by atoms with Gasteiger partial charge in [-0.1, -0.05) is 23.6 Å². The Morgan fingerprint density at radius 1 is 0.939 bits per heavy atom. The van der Waals surface area contributed by atoms with Crippen LogP contribution in [0.1, 0.15) is 98.7 Å². The predicted molar refractivity (Wildman–Crippen MR) is 227 cm³/mol. The van der Waals surface area contributed by atoms with E-state index in [-0.39, 0.29) is 62.4 Å². The van der Waals surface area contributed by atoms with Crippen LogP contribution >= 0.6 is 11.6 Å². The van der Waals surface area contributed by atoms with E-state index in [4.69, 9.17) is 16.6 Å². The number of carbonyl (C=O) groups is 1. The van der Waals surface area contributed by atoms with Crippen LogP contribution in [0.15, 0.2) is 42.5 Å². The minimum atomic E-state index is -4.08. The van der Waals surface area contributed by atoms with Crippen molar-refractivity contribution in [1.29, 1.82) is 0 Å². The third-order valence-corrected chi connectivity index (χ3v) is 16.6. The first kappa shape index (κ1) is 47.2. The average Bonchev–Trinajstić information content (AvgIpc) is 3.89. The van der Waals surface area contributed by atoms with Gasteiger partial charge in [0.05, 0.1) is 38.7 Å². The molecule has 8 rings (SSSR count). The van der Waals surface area contributed by atoms with Gasteiger partial charge in [0.25, 0.3) is 18.8 Å². The van der Waals surface area contributed by atoms with Crippen LogP contribution in [-0.2, 0) is 50.1 Å². The normalized spacial score (nSPS) is 18.5. The van der Waals surface area contributed by atoms with Crippen molar-refractivity contribution >= 4 is 54.1 Å². The summed E-state index contributed by atoms with van der Waals surface area (Å²) in [5.74, 6) is -4.26. The number of anilines is 1. The Bertz CT molecular complexity index is 3050. The zero-order chi connectivity index (χ0) is 47.8. The number of amides is 1. The summed E-state index contributed by atoms with van der Waals surface area (Å²) in [6.45, 7) is 2.02. The molecule has 12 nitrogen and oxygen atoms in total. The van der Waals surface area contributed by atoms with Crippen molar-refractivity contribution in [2.75, 3.05) is 10.5 Å². The van der Waals surface area contributed by atoms with Crippen LogP contribution in [0.25, 0.3) is 22.0 Å². The molecule has 0 aliphatic heterocycles. The van der Waals surface area contributed by atoms with Gasteiger partial charge < -0.3 is 5.32 Å². The number of fused-ring (bicyclic) bond motifs is 4. The molecular formula is C43H40ClF8N7O5S2. The van der Waals surface area contributed by atoms with E-state index in [2.05, 4.69) is 32.1 Å². The minimum absolute atomic E-state index is 0.00218. The highest BCUT2D eigenvalue weighted by Crippen LogP contribution is 2.63. The summed E-state index contributed by atoms with van der Waals surface area (Å²) in [6, 6.07) is 6.31. The monoisotopic (exact) mass is 985 g/mol. The first-order valence-electron chi connectivity index (χ1n) is 20.7. The van der Waals surface area contributed by atoms with E-state index >= 15 is 8.78 Å². The molecule has 23 heteroatoms. The Kier molecular flexibility index (Phi) is 12.2. The molecule has 3 aliphatic rings. The van der Waals surface area contributed by atoms with Gasteiger partial charge in [0.1, 0.15) is 46.6 Å². The number of hydrogen-bond acceptors (Lipinski definition) is 8. The second-order valence-electron chi connectivity index (χ2n) is 17.0. The summed E-state index contributed by atoms with van der Waals surface area (Å²) < 4.78 is 172. The second-order valence-corrected chi connectivity index (χ2v) is 22.2. The van der Waals surface area contributed by atoms with E-state index in [1.165, 1.54) is 45.0 Å². The van der Waals surface area contributed by atoms with Gasteiger partial charge in [0, 0.05) is 28.7 Å². The average molecular weight is 986 g/mol. The molecule has 66 heavy (non-hydrogen) atoms. The van der Waals surface area contributed by atoms with E-state index in [1.54, 1.807) is 0 Å². The van der Waals surface area contributed by atoms with Crippen molar-refractivity contribution in [2.24, 2.45) is 5.92 Å². The smallest absolute Gasteiger partial charge is 0.293 e. The van der Waals surface area contributed by atoms with E-state index < -0.39 is 127 Å². The molecule has 0 saturated heterocycles. The van der Waals surface area contributed by atoms with E-state index in [1.807, 2.05) is 0 Å². The molecule has 0 spiro atoms. The lowest BCUT2D eigenvalue weighted by molar-refractivity contribution is -0.123. The number of aromatic nitrogens is 5. The lowest BCUT2D eigenvalue weighted by atomic mass is 9.73. The van der Waals surface area contributed by atoms with Crippen molar-refractivity contribution in [3.63, 3.8) is 0 Å². The van der Waals surface area contributed by atoms with Crippen molar-refractivity contribution in [3.8, 4) is 23.0 Å². The van der Waals surface area contributed by atoms with Crippen LogP contribution in [0.4, 0.5) is 40.9 Å². The molecule has 5 aromatic rings. The molecule has 2 N–H and O–H groups in total. The van der Waals surface area contributed by atoms with Crippen LogP contribution in [0, 0.1) is 29.4 Å².